The number of amides is 1. The van der Waals surface area contributed by atoms with Gasteiger partial charge in [0, 0.05) is 6.08 Å². The number of hydrogen-bond donors (Lipinski definition) is 1. The van der Waals surface area contributed by atoms with Crippen molar-refractivity contribution in [3.63, 3.8) is 0 Å². The zero-order chi connectivity index (χ0) is 17.3. The summed E-state index contributed by atoms with van der Waals surface area (Å²) in [5, 5.41) is 3.11. The van der Waals surface area contributed by atoms with E-state index < -0.39 is 5.97 Å². The Morgan fingerprint density at radius 1 is 1.50 bits per heavy atom. The first-order valence-electron chi connectivity index (χ1n) is 7.05. The molecule has 24 heavy (non-hydrogen) atoms. The van der Waals surface area contributed by atoms with Crippen molar-refractivity contribution in [2.45, 2.75) is 13.5 Å². The summed E-state index contributed by atoms with van der Waals surface area (Å²) in [5.74, 6) is 0.586. The van der Waals surface area contributed by atoms with Crippen LogP contribution in [0.2, 0.25) is 0 Å². The first kappa shape index (κ1) is 16.0. The Balaban J connectivity index is 1.82. The van der Waals surface area contributed by atoms with Crippen LogP contribution in [0.25, 0.3) is 6.08 Å². The highest BCUT2D eigenvalue weighted by Crippen LogP contribution is 2.21. The third kappa shape index (κ3) is 2.95. The molecular formula is C16H14N2O5S. The van der Waals surface area contributed by atoms with Gasteiger partial charge in [0.1, 0.15) is 28.5 Å². The largest absolute Gasteiger partial charge is 0.467 e. The fourth-order valence-corrected chi connectivity index (χ4v) is 2.56. The normalized spacial score (nSPS) is 15.9. The maximum Gasteiger partial charge on any atom is 0.341 e. The molecule has 124 valence electrons. The molecule has 3 heterocycles. The highest BCUT2D eigenvalue weighted by atomic mass is 32.1. The molecule has 0 saturated carbocycles. The molecule has 0 aromatic carbocycles. The first-order chi connectivity index (χ1) is 11.5. The molecule has 2 aromatic heterocycles. The lowest BCUT2D eigenvalue weighted by atomic mass is 10.2. The maximum atomic E-state index is 12.5. The van der Waals surface area contributed by atoms with Gasteiger partial charge in [-0.2, -0.15) is 0 Å². The molecule has 1 saturated heterocycles. The molecule has 0 aliphatic carbocycles. The molecular weight excluding hydrogens is 332 g/mol. The predicted molar refractivity (Wildman–Crippen MR) is 87.8 cm³/mol. The van der Waals surface area contributed by atoms with Crippen LogP contribution in [-0.2, 0) is 16.1 Å². The van der Waals surface area contributed by atoms with E-state index in [9.17, 15) is 9.59 Å². The SMILES string of the molecule is COC(=O)c1cc(/C=C2/NC(=S)N(Cc3ccco3)C2=O)oc1C. The van der Waals surface area contributed by atoms with Gasteiger partial charge < -0.3 is 18.9 Å². The summed E-state index contributed by atoms with van der Waals surface area (Å²) in [6, 6.07) is 5.01. The second kappa shape index (κ2) is 6.32. The summed E-state index contributed by atoms with van der Waals surface area (Å²) in [5.41, 5.74) is 0.571. The summed E-state index contributed by atoms with van der Waals surface area (Å²) in [4.78, 5) is 25.5. The van der Waals surface area contributed by atoms with Crippen LogP contribution in [0.3, 0.4) is 0 Å². The number of rotatable bonds is 4. The highest BCUT2D eigenvalue weighted by Gasteiger charge is 2.31. The molecule has 0 spiro atoms. The van der Waals surface area contributed by atoms with E-state index in [2.05, 4.69) is 10.1 Å². The molecule has 8 heteroatoms. The van der Waals surface area contributed by atoms with Gasteiger partial charge >= 0.3 is 5.97 Å². The third-order valence-corrected chi connectivity index (χ3v) is 3.81. The van der Waals surface area contributed by atoms with Crippen molar-refractivity contribution < 1.29 is 23.2 Å². The molecule has 0 radical (unpaired) electrons. The van der Waals surface area contributed by atoms with Crippen molar-refractivity contribution >= 4 is 35.3 Å². The van der Waals surface area contributed by atoms with Gasteiger partial charge in [-0.05, 0) is 37.3 Å². The van der Waals surface area contributed by atoms with Gasteiger partial charge in [-0.15, -0.1) is 0 Å². The van der Waals surface area contributed by atoms with Gasteiger partial charge in [-0.1, -0.05) is 0 Å². The Morgan fingerprint density at radius 2 is 2.29 bits per heavy atom. The van der Waals surface area contributed by atoms with Gasteiger partial charge in [-0.3, -0.25) is 9.69 Å². The van der Waals surface area contributed by atoms with Crippen LogP contribution in [-0.4, -0.2) is 29.0 Å². The number of nitrogens with one attached hydrogen (secondary N) is 1. The molecule has 7 nitrogen and oxygen atoms in total. The molecule has 3 rings (SSSR count). The Hall–Kier alpha value is -2.87. The van der Waals surface area contributed by atoms with Crippen LogP contribution in [0.1, 0.15) is 27.6 Å². The molecule has 1 aliphatic rings. The summed E-state index contributed by atoms with van der Waals surface area (Å²) in [6.07, 6.45) is 3.03. The average molecular weight is 346 g/mol. The standard InChI is InChI=1S/C16H14N2O5S/c1-9-12(15(20)21-2)6-11(23-9)7-13-14(19)18(16(24)17-13)8-10-4-3-5-22-10/h3-7H,8H2,1-2H3,(H,17,24)/b13-7+. The molecule has 0 bridgehead atoms. The van der Waals surface area contributed by atoms with E-state index in [1.807, 2.05) is 0 Å². The number of ether oxygens (including phenoxy) is 1. The van der Waals surface area contributed by atoms with Crippen molar-refractivity contribution in [1.29, 1.82) is 0 Å². The minimum Gasteiger partial charge on any atom is -0.467 e. The summed E-state index contributed by atoms with van der Waals surface area (Å²) in [6.45, 7) is 1.88. The van der Waals surface area contributed by atoms with Gasteiger partial charge in [0.15, 0.2) is 5.11 Å². The second-order valence-electron chi connectivity index (χ2n) is 5.07. The topological polar surface area (TPSA) is 84.9 Å². The van der Waals surface area contributed by atoms with Gasteiger partial charge in [-0.25, -0.2) is 4.79 Å². The van der Waals surface area contributed by atoms with Crippen molar-refractivity contribution in [1.82, 2.24) is 10.2 Å². The first-order valence-corrected chi connectivity index (χ1v) is 7.46. The Labute approximate surface area is 142 Å². The van der Waals surface area contributed by atoms with E-state index in [-0.39, 0.29) is 23.3 Å². The monoisotopic (exact) mass is 346 g/mol. The van der Waals surface area contributed by atoms with Gasteiger partial charge in [0.05, 0.1) is 19.9 Å². The van der Waals surface area contributed by atoms with E-state index in [0.717, 1.165) is 0 Å². The smallest absolute Gasteiger partial charge is 0.341 e. The number of esters is 1. The van der Waals surface area contributed by atoms with Crippen LogP contribution in [0, 0.1) is 6.92 Å². The van der Waals surface area contributed by atoms with E-state index in [0.29, 0.717) is 22.8 Å². The van der Waals surface area contributed by atoms with E-state index >= 15 is 0 Å². The molecule has 2 aromatic rings. The van der Waals surface area contributed by atoms with Gasteiger partial charge in [0.2, 0.25) is 0 Å². The molecule has 1 fully saturated rings. The highest BCUT2D eigenvalue weighted by molar-refractivity contribution is 7.80. The maximum absolute atomic E-state index is 12.5. The summed E-state index contributed by atoms with van der Waals surface area (Å²) < 4.78 is 15.4. The van der Waals surface area contributed by atoms with Crippen molar-refractivity contribution in [3.8, 4) is 0 Å². The molecule has 0 atom stereocenters. The van der Waals surface area contributed by atoms with Crippen LogP contribution >= 0.6 is 12.2 Å². The molecule has 1 aliphatic heterocycles. The van der Waals surface area contributed by atoms with E-state index in [1.54, 1.807) is 19.1 Å². The quantitative estimate of drug-likeness (QED) is 0.516. The lowest BCUT2D eigenvalue weighted by molar-refractivity contribution is -0.122. The van der Waals surface area contributed by atoms with Crippen molar-refractivity contribution in [2.24, 2.45) is 0 Å². The van der Waals surface area contributed by atoms with Crippen LogP contribution in [0.15, 0.2) is 39.0 Å². The number of furan rings is 2. The molecule has 0 unspecified atom stereocenters. The molecule has 1 N–H and O–H groups in total. The van der Waals surface area contributed by atoms with Crippen LogP contribution < -0.4 is 5.32 Å². The lowest BCUT2D eigenvalue weighted by Crippen LogP contribution is -2.29. The molecule has 1 amide bonds. The van der Waals surface area contributed by atoms with Gasteiger partial charge in [0.25, 0.3) is 5.91 Å². The lowest BCUT2D eigenvalue weighted by Gasteiger charge is -2.11. The van der Waals surface area contributed by atoms with Crippen molar-refractivity contribution in [3.05, 3.63) is 53.0 Å². The van der Waals surface area contributed by atoms with Crippen LogP contribution in [0.4, 0.5) is 0 Å². The summed E-state index contributed by atoms with van der Waals surface area (Å²) >= 11 is 5.18. The third-order valence-electron chi connectivity index (χ3n) is 3.49. The number of carbonyl (C=O) groups excluding carboxylic acids is 2. The van der Waals surface area contributed by atoms with E-state index in [4.69, 9.17) is 21.1 Å². The Morgan fingerprint density at radius 3 is 2.96 bits per heavy atom. The number of thiocarbonyl (C=S) groups is 1. The zero-order valence-electron chi connectivity index (χ0n) is 13.0. The number of carbonyl (C=O) groups is 2. The zero-order valence-corrected chi connectivity index (χ0v) is 13.8. The minimum atomic E-state index is -0.499. The average Bonchev–Trinajstić information content (AvgIpc) is 3.25. The van der Waals surface area contributed by atoms with Crippen LogP contribution in [0.5, 0.6) is 0 Å². The minimum absolute atomic E-state index is 0.236. The number of nitrogens with zero attached hydrogens (tertiary/aromatic N) is 1. The Bertz CT molecular complexity index is 835. The number of methoxy groups -OCH3 is 1. The number of aryl methyl sites for hydroxylation is 1. The number of hydrogen-bond acceptors (Lipinski definition) is 6. The van der Waals surface area contributed by atoms with E-state index in [1.165, 1.54) is 30.4 Å². The predicted octanol–water partition coefficient (Wildman–Crippen LogP) is 2.23. The Kier molecular flexibility index (Phi) is 4.22. The fourth-order valence-electron chi connectivity index (χ4n) is 2.30. The summed E-state index contributed by atoms with van der Waals surface area (Å²) in [7, 11) is 1.29. The second-order valence-corrected chi connectivity index (χ2v) is 5.46. The van der Waals surface area contributed by atoms with Crippen molar-refractivity contribution in [2.75, 3.05) is 7.11 Å². The fraction of sp³-hybridized carbons (Fsp3) is 0.188.